The van der Waals surface area contributed by atoms with Crippen LogP contribution in [0.4, 0.5) is 0 Å². The molecule has 2 aliphatic rings. The third kappa shape index (κ3) is 1.08. The molecule has 2 aliphatic heterocycles. The van der Waals surface area contributed by atoms with Gasteiger partial charge in [0.15, 0.2) is 0 Å². The quantitative estimate of drug-likeness (QED) is 0.349. The van der Waals surface area contributed by atoms with Crippen LogP contribution in [-0.2, 0) is 4.79 Å². The molecule has 0 atom stereocenters. The van der Waals surface area contributed by atoms with Gasteiger partial charge in [-0.3, -0.25) is 0 Å². The van der Waals surface area contributed by atoms with E-state index in [1.807, 2.05) is 0 Å². The Hall–Kier alpha value is 0.656. The maximum atomic E-state index is 10.4. The van der Waals surface area contributed by atoms with Gasteiger partial charge in [0.2, 0.25) is 0 Å². The Kier molecular flexibility index (Phi) is 2.16. The third-order valence-corrected chi connectivity index (χ3v) is 12.6. The Morgan fingerprint density at radius 1 is 1.40 bits per heavy atom. The van der Waals surface area contributed by atoms with E-state index in [1.165, 1.54) is 3.21 Å². The van der Waals surface area contributed by atoms with Crippen LogP contribution in [0, 0.1) is 0 Å². The van der Waals surface area contributed by atoms with Crippen LogP contribution in [0.3, 0.4) is 0 Å². The summed E-state index contributed by atoms with van der Waals surface area (Å²) in [5, 5.41) is 0. The van der Waals surface area contributed by atoms with Gasteiger partial charge in [-0.25, -0.2) is 0 Å². The zero-order chi connectivity index (χ0) is 6.97. The number of carbonyl (C=O) groups is 1. The predicted octanol–water partition coefficient (Wildman–Crippen LogP) is -0.637. The first-order valence-corrected chi connectivity index (χ1v) is 10.4. The van der Waals surface area contributed by atoms with E-state index in [0.29, 0.717) is 0 Å². The molecule has 0 bridgehead atoms. The molecular formula is C7H4Bi2O. The van der Waals surface area contributed by atoms with Crippen LogP contribution in [-0.4, -0.2) is 58.2 Å². The van der Waals surface area contributed by atoms with Crippen LogP contribution >= 0.6 is 0 Å². The van der Waals surface area contributed by atoms with Crippen molar-refractivity contribution in [3.05, 3.63) is 19.2 Å². The van der Waals surface area contributed by atoms with Gasteiger partial charge in [-0.05, 0) is 0 Å². The molecular weight excluding hydrogens is 518 g/mol. The van der Waals surface area contributed by atoms with Crippen LogP contribution < -0.4 is 0 Å². The Morgan fingerprint density at radius 2 is 2.20 bits per heavy atom. The molecule has 0 fully saturated rings. The number of hydrogen-bond acceptors (Lipinski definition) is 1. The molecule has 0 spiro atoms. The first-order chi connectivity index (χ1) is 4.92. The molecule has 0 aromatic rings. The number of aldehydes is 1. The fourth-order valence-corrected chi connectivity index (χ4v) is 9.70. The zero-order valence-corrected chi connectivity index (χ0v) is 12.1. The molecule has 0 aliphatic carbocycles. The van der Waals surface area contributed by atoms with Crippen molar-refractivity contribution in [2.24, 2.45) is 0 Å². The second kappa shape index (κ2) is 2.95. The van der Waals surface area contributed by atoms with E-state index in [1.54, 1.807) is 3.21 Å². The van der Waals surface area contributed by atoms with Gasteiger partial charge in [-0.15, -0.1) is 0 Å². The fourth-order valence-electron chi connectivity index (χ4n) is 0.793. The van der Waals surface area contributed by atoms with Crippen LogP contribution in [0.1, 0.15) is 0 Å². The summed E-state index contributed by atoms with van der Waals surface area (Å²) in [6, 6.07) is 0. The fraction of sp³-hybridized carbons (Fsp3) is 0. The van der Waals surface area contributed by atoms with Gasteiger partial charge in [0.05, 0.1) is 0 Å². The van der Waals surface area contributed by atoms with Crippen molar-refractivity contribution in [3.63, 3.8) is 0 Å². The summed E-state index contributed by atoms with van der Waals surface area (Å²) in [6.45, 7) is 0. The Bertz CT molecular complexity index is 292. The van der Waals surface area contributed by atoms with Crippen molar-refractivity contribution in [1.82, 2.24) is 0 Å². The molecule has 1 nitrogen and oxygen atoms in total. The Labute approximate surface area is 81.3 Å². The van der Waals surface area contributed by atoms with Crippen LogP contribution in [0.25, 0.3) is 0 Å². The van der Waals surface area contributed by atoms with Crippen molar-refractivity contribution >= 4 is 58.2 Å². The monoisotopic (exact) mass is 522 g/mol. The predicted molar refractivity (Wildman–Crippen MR) is 44.8 cm³/mol. The summed E-state index contributed by atoms with van der Waals surface area (Å²) in [5.74, 6) is 0. The SMILES string of the molecule is O=CC1=[CH][Bi]=[C]1[C]1=[Bi][CH]=C1. The van der Waals surface area contributed by atoms with Crippen LogP contribution in [0.5, 0.6) is 0 Å². The molecule has 0 N–H and O–H groups in total. The number of allylic oxidation sites excluding steroid dienone is 2. The summed E-state index contributed by atoms with van der Waals surface area (Å²) in [7, 11) is 0. The van der Waals surface area contributed by atoms with Gasteiger partial charge in [-0.1, -0.05) is 0 Å². The Morgan fingerprint density at radius 3 is 2.50 bits per heavy atom. The van der Waals surface area contributed by atoms with Gasteiger partial charge in [0, 0.05) is 0 Å². The number of rotatable bonds is 2. The molecule has 0 radical (unpaired) electrons. The van der Waals surface area contributed by atoms with Crippen molar-refractivity contribution < 1.29 is 4.79 Å². The molecule has 3 heteroatoms. The van der Waals surface area contributed by atoms with E-state index in [-0.39, 0.29) is 22.8 Å². The normalized spacial score (nSPS) is 19.8. The average Bonchev–Trinajstić information content (AvgIpc) is 1.77. The maximum absolute atomic E-state index is 10.4. The van der Waals surface area contributed by atoms with Gasteiger partial charge < -0.3 is 0 Å². The Balaban J connectivity index is 2.16. The number of hydrogen-bond donors (Lipinski definition) is 0. The molecule has 0 saturated heterocycles. The molecule has 0 aromatic carbocycles. The van der Waals surface area contributed by atoms with Crippen LogP contribution in [0.2, 0.25) is 0 Å². The average molecular weight is 522 g/mol. The standard InChI is InChI=1S/C7H4O.2Bi/c1-3-4-5-7(2)6-8;;/h1-3,6H;;. The molecule has 0 saturated carbocycles. The van der Waals surface area contributed by atoms with E-state index in [4.69, 9.17) is 0 Å². The number of carbonyl (C=O) groups excluding carboxylic acids is 1. The molecule has 10 heavy (non-hydrogen) atoms. The van der Waals surface area contributed by atoms with Crippen molar-refractivity contribution in [2.45, 2.75) is 0 Å². The summed E-state index contributed by atoms with van der Waals surface area (Å²) in [5.41, 5.74) is 1.03. The van der Waals surface area contributed by atoms with E-state index < -0.39 is 22.8 Å². The summed E-state index contributed by atoms with van der Waals surface area (Å²) in [6.07, 6.45) is 3.23. The molecule has 0 aromatic heterocycles. The van der Waals surface area contributed by atoms with Gasteiger partial charge in [0.1, 0.15) is 0 Å². The van der Waals surface area contributed by atoms with Gasteiger partial charge in [-0.2, -0.15) is 0 Å². The zero-order valence-electron chi connectivity index (χ0n) is 5.11. The van der Waals surface area contributed by atoms with E-state index >= 15 is 0 Å². The summed E-state index contributed by atoms with van der Waals surface area (Å²) in [4.78, 5) is 10.4. The van der Waals surface area contributed by atoms with Crippen LogP contribution in [0.15, 0.2) is 19.2 Å². The van der Waals surface area contributed by atoms with Gasteiger partial charge in [0.25, 0.3) is 0 Å². The second-order valence-electron chi connectivity index (χ2n) is 2.01. The molecule has 0 unspecified atom stereocenters. The van der Waals surface area contributed by atoms with Gasteiger partial charge >= 0.3 is 82.2 Å². The minimum absolute atomic E-state index is 0.311. The molecule has 2 heterocycles. The van der Waals surface area contributed by atoms with E-state index in [0.717, 1.165) is 11.9 Å². The topological polar surface area (TPSA) is 17.1 Å². The summed E-state index contributed by atoms with van der Waals surface area (Å²) >= 11 is -0.709. The first-order valence-electron chi connectivity index (χ1n) is 2.90. The minimum atomic E-state index is -0.398. The van der Waals surface area contributed by atoms with E-state index in [9.17, 15) is 4.79 Å². The van der Waals surface area contributed by atoms with Crippen molar-refractivity contribution in [3.8, 4) is 0 Å². The molecule has 48 valence electrons. The first kappa shape index (κ1) is 7.31. The van der Waals surface area contributed by atoms with Crippen molar-refractivity contribution in [1.29, 1.82) is 0 Å². The second-order valence-corrected chi connectivity index (χ2v) is 9.79. The summed E-state index contributed by atoms with van der Waals surface area (Å²) < 4.78 is 7.64. The van der Waals surface area contributed by atoms with E-state index in [2.05, 4.69) is 13.6 Å². The van der Waals surface area contributed by atoms with Crippen molar-refractivity contribution in [2.75, 3.05) is 0 Å². The molecule has 2 rings (SSSR count). The third-order valence-electron chi connectivity index (χ3n) is 1.42. The molecule has 0 amide bonds.